The van der Waals surface area contributed by atoms with E-state index in [0.717, 1.165) is 10.6 Å². The molecule has 0 aliphatic rings. The van der Waals surface area contributed by atoms with Crippen LogP contribution in [0.2, 0.25) is 10.0 Å². The molecule has 0 atom stereocenters. The molecule has 9 heteroatoms. The Morgan fingerprint density at radius 1 is 1.12 bits per heavy atom. The zero-order valence-electron chi connectivity index (χ0n) is 14.0. The third kappa shape index (κ3) is 6.09. The molecule has 0 aromatic heterocycles. The molecule has 0 spiro atoms. The lowest BCUT2D eigenvalue weighted by Crippen LogP contribution is -2.41. The molecular weight excluding hydrogens is 399 g/mol. The number of carbonyl (C=O) groups excluding carboxylic acids is 1. The first-order valence-corrected chi connectivity index (χ1v) is 10.2. The van der Waals surface area contributed by atoms with E-state index in [-0.39, 0.29) is 30.4 Å². The maximum atomic E-state index is 12.1. The van der Waals surface area contributed by atoms with Crippen molar-refractivity contribution in [1.82, 2.24) is 5.32 Å². The van der Waals surface area contributed by atoms with Gasteiger partial charge in [-0.15, -0.1) is 0 Å². The van der Waals surface area contributed by atoms with Crippen molar-refractivity contribution in [3.8, 4) is 5.75 Å². The number of halogens is 2. The first kappa shape index (κ1) is 20.4. The molecule has 26 heavy (non-hydrogen) atoms. The Morgan fingerprint density at radius 3 is 2.38 bits per heavy atom. The molecule has 0 aliphatic carbocycles. The number of hydrogen-bond acceptors (Lipinski definition) is 4. The van der Waals surface area contributed by atoms with E-state index in [2.05, 4.69) is 5.32 Å². The second-order valence-corrected chi connectivity index (χ2v) is 8.12. The summed E-state index contributed by atoms with van der Waals surface area (Å²) < 4.78 is 30.5. The van der Waals surface area contributed by atoms with Gasteiger partial charge in [0.15, 0.2) is 0 Å². The maximum absolute atomic E-state index is 12.1. The van der Waals surface area contributed by atoms with E-state index in [1.165, 1.54) is 0 Å². The SMILES string of the molecule is CS(=O)(=O)N(CC(=O)NCCOc1ccc(Cl)cc1)c1ccccc1Cl. The lowest BCUT2D eigenvalue weighted by Gasteiger charge is -2.22. The second kappa shape index (κ2) is 9.12. The zero-order chi connectivity index (χ0) is 19.2. The molecule has 2 aromatic carbocycles. The van der Waals surface area contributed by atoms with Gasteiger partial charge in [0.1, 0.15) is 18.9 Å². The minimum atomic E-state index is -3.67. The summed E-state index contributed by atoms with van der Waals surface area (Å²) in [7, 11) is -3.67. The van der Waals surface area contributed by atoms with Gasteiger partial charge in [0, 0.05) is 5.02 Å². The molecule has 0 aliphatic heterocycles. The minimum Gasteiger partial charge on any atom is -0.492 e. The van der Waals surface area contributed by atoms with Gasteiger partial charge in [0.25, 0.3) is 0 Å². The van der Waals surface area contributed by atoms with E-state index < -0.39 is 15.9 Å². The lowest BCUT2D eigenvalue weighted by atomic mass is 10.3. The highest BCUT2D eigenvalue weighted by atomic mass is 35.5. The normalized spacial score (nSPS) is 11.0. The molecule has 0 unspecified atom stereocenters. The third-order valence-corrected chi connectivity index (χ3v) is 5.01. The summed E-state index contributed by atoms with van der Waals surface area (Å²) in [5.41, 5.74) is 0.254. The summed E-state index contributed by atoms with van der Waals surface area (Å²) in [6, 6.07) is 13.3. The molecule has 2 aromatic rings. The number of anilines is 1. The Hall–Kier alpha value is -1.96. The van der Waals surface area contributed by atoms with E-state index in [0.29, 0.717) is 10.8 Å². The van der Waals surface area contributed by atoms with Gasteiger partial charge in [0.05, 0.1) is 23.5 Å². The minimum absolute atomic E-state index is 0.224. The number of ether oxygens (including phenoxy) is 1. The third-order valence-electron chi connectivity index (χ3n) is 3.32. The molecule has 0 radical (unpaired) electrons. The smallest absolute Gasteiger partial charge is 0.240 e. The highest BCUT2D eigenvalue weighted by molar-refractivity contribution is 7.92. The number of carbonyl (C=O) groups is 1. The Kier molecular flexibility index (Phi) is 7.14. The Labute approximate surface area is 162 Å². The number of amides is 1. The monoisotopic (exact) mass is 416 g/mol. The van der Waals surface area contributed by atoms with Crippen molar-refractivity contribution >= 4 is 44.8 Å². The molecule has 2 rings (SSSR count). The topological polar surface area (TPSA) is 75.7 Å². The zero-order valence-corrected chi connectivity index (χ0v) is 16.3. The number of benzene rings is 2. The summed E-state index contributed by atoms with van der Waals surface area (Å²) >= 11 is 11.8. The summed E-state index contributed by atoms with van der Waals surface area (Å²) in [5, 5.41) is 3.47. The molecule has 0 bridgehead atoms. The van der Waals surface area contributed by atoms with Gasteiger partial charge in [-0.2, -0.15) is 0 Å². The molecule has 6 nitrogen and oxygen atoms in total. The fourth-order valence-corrected chi connectivity index (χ4v) is 3.39. The highest BCUT2D eigenvalue weighted by Crippen LogP contribution is 2.26. The van der Waals surface area contributed by atoms with Gasteiger partial charge in [-0.25, -0.2) is 8.42 Å². The van der Waals surface area contributed by atoms with E-state index in [4.69, 9.17) is 27.9 Å². The molecule has 1 amide bonds. The van der Waals surface area contributed by atoms with Crippen LogP contribution >= 0.6 is 23.2 Å². The van der Waals surface area contributed by atoms with Crippen LogP contribution < -0.4 is 14.4 Å². The van der Waals surface area contributed by atoms with Crippen LogP contribution in [0.3, 0.4) is 0 Å². The van der Waals surface area contributed by atoms with E-state index >= 15 is 0 Å². The van der Waals surface area contributed by atoms with Crippen molar-refractivity contribution in [1.29, 1.82) is 0 Å². The van der Waals surface area contributed by atoms with E-state index in [1.54, 1.807) is 48.5 Å². The first-order chi connectivity index (χ1) is 12.3. The number of rotatable bonds is 8. The van der Waals surface area contributed by atoms with Crippen LogP contribution in [0, 0.1) is 0 Å². The van der Waals surface area contributed by atoms with E-state index in [1.807, 2.05) is 0 Å². The van der Waals surface area contributed by atoms with Crippen LogP contribution in [0.4, 0.5) is 5.69 Å². The average molecular weight is 417 g/mol. The number of nitrogens with zero attached hydrogens (tertiary/aromatic N) is 1. The molecule has 0 saturated carbocycles. The van der Waals surface area contributed by atoms with Gasteiger partial charge in [-0.05, 0) is 36.4 Å². The number of sulfonamides is 1. The van der Waals surface area contributed by atoms with E-state index in [9.17, 15) is 13.2 Å². The molecule has 1 N–H and O–H groups in total. The molecule has 140 valence electrons. The van der Waals surface area contributed by atoms with Crippen molar-refractivity contribution in [2.45, 2.75) is 0 Å². The Balaban J connectivity index is 1.89. The number of hydrogen-bond donors (Lipinski definition) is 1. The van der Waals surface area contributed by atoms with Gasteiger partial charge in [0.2, 0.25) is 15.9 Å². The fraction of sp³-hybridized carbons (Fsp3) is 0.235. The van der Waals surface area contributed by atoms with Gasteiger partial charge in [-0.1, -0.05) is 35.3 Å². The van der Waals surface area contributed by atoms with Crippen molar-refractivity contribution in [2.75, 3.05) is 30.3 Å². The average Bonchev–Trinajstić information content (AvgIpc) is 2.58. The van der Waals surface area contributed by atoms with Crippen LogP contribution in [0.15, 0.2) is 48.5 Å². The summed E-state index contributed by atoms with van der Waals surface area (Å²) in [5.74, 6) is 0.160. The maximum Gasteiger partial charge on any atom is 0.240 e. The predicted octanol–water partition coefficient (Wildman–Crippen LogP) is 2.95. The lowest BCUT2D eigenvalue weighted by molar-refractivity contribution is -0.119. The summed E-state index contributed by atoms with van der Waals surface area (Å²) in [6.07, 6.45) is 1.02. The first-order valence-electron chi connectivity index (χ1n) is 7.64. The summed E-state index contributed by atoms with van der Waals surface area (Å²) in [6.45, 7) is 0.0867. The molecule has 0 saturated heterocycles. The van der Waals surface area contributed by atoms with Crippen LogP contribution in [0.1, 0.15) is 0 Å². The fourth-order valence-electron chi connectivity index (χ4n) is 2.11. The predicted molar refractivity (Wildman–Crippen MR) is 104 cm³/mol. The highest BCUT2D eigenvalue weighted by Gasteiger charge is 2.22. The van der Waals surface area contributed by atoms with Crippen LogP contribution in [0.5, 0.6) is 5.75 Å². The van der Waals surface area contributed by atoms with Crippen molar-refractivity contribution in [2.24, 2.45) is 0 Å². The Morgan fingerprint density at radius 2 is 1.77 bits per heavy atom. The van der Waals surface area contributed by atoms with Gasteiger partial charge >= 0.3 is 0 Å². The van der Waals surface area contributed by atoms with Crippen LogP contribution in [0.25, 0.3) is 0 Å². The molecule has 0 fully saturated rings. The van der Waals surface area contributed by atoms with Crippen LogP contribution in [-0.2, 0) is 14.8 Å². The molecule has 0 heterocycles. The Bertz CT molecular complexity index is 857. The number of para-hydroxylation sites is 1. The summed E-state index contributed by atoms with van der Waals surface area (Å²) in [4.78, 5) is 12.1. The van der Waals surface area contributed by atoms with Gasteiger partial charge in [-0.3, -0.25) is 9.10 Å². The van der Waals surface area contributed by atoms with Crippen molar-refractivity contribution in [3.63, 3.8) is 0 Å². The standard InChI is InChI=1S/C17H18Cl2N2O4S/c1-26(23,24)21(16-5-3-2-4-15(16)19)12-17(22)20-10-11-25-14-8-6-13(18)7-9-14/h2-9H,10-12H2,1H3,(H,20,22). The molecular formula is C17H18Cl2N2O4S. The van der Waals surface area contributed by atoms with Gasteiger partial charge < -0.3 is 10.1 Å². The van der Waals surface area contributed by atoms with Crippen molar-refractivity contribution < 1.29 is 17.9 Å². The quantitative estimate of drug-likeness (QED) is 0.671. The second-order valence-electron chi connectivity index (χ2n) is 5.37. The van der Waals surface area contributed by atoms with Crippen LogP contribution in [-0.4, -0.2) is 40.3 Å². The van der Waals surface area contributed by atoms with Crippen molar-refractivity contribution in [3.05, 3.63) is 58.6 Å². The number of nitrogens with one attached hydrogen (secondary N) is 1. The largest absolute Gasteiger partial charge is 0.492 e.